The van der Waals surface area contributed by atoms with Crippen LogP contribution in [0, 0.1) is 0 Å². The molecule has 6 heteroatoms. The molecule has 0 aliphatic rings. The zero-order valence-electron chi connectivity index (χ0n) is 21.2. The molecule has 0 heterocycles. The molecule has 0 radical (unpaired) electrons. The van der Waals surface area contributed by atoms with Crippen LogP contribution < -0.4 is 5.32 Å². The summed E-state index contributed by atoms with van der Waals surface area (Å²) in [6.07, 6.45) is 0.590. The predicted molar refractivity (Wildman–Crippen MR) is 154 cm³/mol. The lowest BCUT2D eigenvalue weighted by Gasteiger charge is -2.32. The van der Waals surface area contributed by atoms with E-state index in [4.69, 9.17) is 23.2 Å². The minimum absolute atomic E-state index is 0.127. The normalized spacial score (nSPS) is 11.7. The zero-order chi connectivity index (χ0) is 26.9. The van der Waals surface area contributed by atoms with Crippen LogP contribution >= 0.6 is 23.2 Å². The third-order valence-electron chi connectivity index (χ3n) is 6.64. The summed E-state index contributed by atoms with van der Waals surface area (Å²) in [5.41, 5.74) is 3.85. The van der Waals surface area contributed by atoms with E-state index in [0.717, 1.165) is 22.3 Å². The van der Waals surface area contributed by atoms with Gasteiger partial charge in [-0.1, -0.05) is 120 Å². The van der Waals surface area contributed by atoms with E-state index in [2.05, 4.69) is 5.32 Å². The fourth-order valence-corrected chi connectivity index (χ4v) is 4.97. The van der Waals surface area contributed by atoms with Crippen LogP contribution in [0.1, 0.15) is 34.6 Å². The minimum atomic E-state index is -0.712. The van der Waals surface area contributed by atoms with Gasteiger partial charge in [-0.05, 0) is 34.4 Å². The van der Waals surface area contributed by atoms with Crippen LogP contribution in [-0.4, -0.2) is 29.8 Å². The molecule has 194 valence electrons. The second-order valence-electron chi connectivity index (χ2n) is 9.17. The van der Waals surface area contributed by atoms with E-state index in [1.807, 2.05) is 97.1 Å². The van der Waals surface area contributed by atoms with Crippen LogP contribution in [0.15, 0.2) is 109 Å². The highest BCUT2D eigenvalue weighted by Gasteiger charge is 2.32. The molecule has 1 atom stereocenters. The van der Waals surface area contributed by atoms with Gasteiger partial charge < -0.3 is 10.2 Å². The second kappa shape index (κ2) is 13.3. The predicted octanol–water partition coefficient (Wildman–Crippen LogP) is 6.90. The maximum Gasteiger partial charge on any atom is 0.242 e. The van der Waals surface area contributed by atoms with Crippen molar-refractivity contribution < 1.29 is 9.59 Å². The van der Waals surface area contributed by atoms with Gasteiger partial charge in [0.05, 0.1) is 10.0 Å². The molecule has 38 heavy (non-hydrogen) atoms. The first-order valence-corrected chi connectivity index (χ1v) is 13.3. The molecule has 4 aromatic rings. The van der Waals surface area contributed by atoms with Gasteiger partial charge in [0.1, 0.15) is 6.04 Å². The third-order valence-corrected chi connectivity index (χ3v) is 7.38. The molecule has 0 saturated heterocycles. The lowest BCUT2D eigenvalue weighted by atomic mass is 9.87. The molecule has 0 bridgehead atoms. The first-order chi connectivity index (χ1) is 18.5. The number of amides is 2. The van der Waals surface area contributed by atoms with Crippen LogP contribution in [0.2, 0.25) is 10.0 Å². The molecule has 1 unspecified atom stereocenters. The summed E-state index contributed by atoms with van der Waals surface area (Å²) >= 11 is 12.5. The number of carbonyl (C=O) groups excluding carboxylic acids is 2. The molecule has 0 spiro atoms. The van der Waals surface area contributed by atoms with Crippen molar-refractivity contribution in [1.29, 1.82) is 0 Å². The summed E-state index contributed by atoms with van der Waals surface area (Å²) in [5, 5.41) is 3.61. The summed E-state index contributed by atoms with van der Waals surface area (Å²) in [4.78, 5) is 29.1. The summed E-state index contributed by atoms with van der Waals surface area (Å²) < 4.78 is 0. The Labute approximate surface area is 234 Å². The first-order valence-electron chi connectivity index (χ1n) is 12.5. The molecule has 0 aliphatic heterocycles. The number of nitrogens with zero attached hydrogens (tertiary/aromatic N) is 1. The van der Waals surface area contributed by atoms with Gasteiger partial charge in [-0.25, -0.2) is 0 Å². The van der Waals surface area contributed by atoms with Gasteiger partial charge in [0.25, 0.3) is 0 Å². The zero-order valence-corrected chi connectivity index (χ0v) is 22.7. The van der Waals surface area contributed by atoms with Crippen LogP contribution in [0.25, 0.3) is 0 Å². The lowest BCUT2D eigenvalue weighted by Crippen LogP contribution is -2.50. The van der Waals surface area contributed by atoms with Crippen LogP contribution in [0.3, 0.4) is 0 Å². The third kappa shape index (κ3) is 7.03. The molecule has 4 nitrogen and oxygen atoms in total. The number of hydrogen-bond acceptors (Lipinski definition) is 2. The minimum Gasteiger partial charge on any atom is -0.357 e. The Bertz CT molecular complexity index is 1310. The van der Waals surface area contributed by atoms with Crippen molar-refractivity contribution in [3.05, 3.63) is 141 Å². The molecule has 0 aromatic heterocycles. The Kier molecular flexibility index (Phi) is 9.58. The van der Waals surface area contributed by atoms with E-state index in [9.17, 15) is 9.59 Å². The Morgan fingerprint density at radius 3 is 1.82 bits per heavy atom. The second-order valence-corrected chi connectivity index (χ2v) is 9.98. The molecule has 0 saturated carbocycles. The highest BCUT2D eigenvalue weighted by atomic mass is 35.5. The molecule has 1 N–H and O–H groups in total. The van der Waals surface area contributed by atoms with Gasteiger partial charge >= 0.3 is 0 Å². The van der Waals surface area contributed by atoms with Gasteiger partial charge in [-0.15, -0.1) is 0 Å². The van der Waals surface area contributed by atoms with Crippen molar-refractivity contribution in [2.45, 2.75) is 31.3 Å². The largest absolute Gasteiger partial charge is 0.357 e. The molecule has 0 aliphatic carbocycles. The monoisotopic (exact) mass is 544 g/mol. The van der Waals surface area contributed by atoms with E-state index in [-0.39, 0.29) is 30.7 Å². The molecular formula is C32H30Cl2N2O2. The SMILES string of the molecule is CNC(=O)C(Cc1ccccc1)N(Cc1ccc(Cl)c(Cl)c1)C(=O)CC(c1ccccc1)c1ccccc1. The average Bonchev–Trinajstić information content (AvgIpc) is 2.96. The number of carbonyl (C=O) groups is 2. The maximum absolute atomic E-state index is 14.2. The van der Waals surface area contributed by atoms with Crippen molar-refractivity contribution in [2.24, 2.45) is 0 Å². The maximum atomic E-state index is 14.2. The van der Waals surface area contributed by atoms with Gasteiger partial charge in [0.15, 0.2) is 0 Å². The molecular weight excluding hydrogens is 515 g/mol. The highest BCUT2D eigenvalue weighted by Crippen LogP contribution is 2.30. The first kappa shape index (κ1) is 27.4. The molecule has 4 rings (SSSR count). The van der Waals surface area contributed by atoms with Crippen LogP contribution in [0.5, 0.6) is 0 Å². The lowest BCUT2D eigenvalue weighted by molar-refractivity contribution is -0.141. The summed E-state index contributed by atoms with van der Waals surface area (Å²) in [6.45, 7) is 0.219. The van der Waals surface area contributed by atoms with Crippen molar-refractivity contribution in [2.75, 3.05) is 7.05 Å². The van der Waals surface area contributed by atoms with Crippen LogP contribution in [0.4, 0.5) is 0 Å². The van der Waals surface area contributed by atoms with Gasteiger partial charge in [-0.3, -0.25) is 9.59 Å². The van der Waals surface area contributed by atoms with Crippen LogP contribution in [-0.2, 0) is 22.6 Å². The average molecular weight is 546 g/mol. The highest BCUT2D eigenvalue weighted by molar-refractivity contribution is 6.42. The Hall–Kier alpha value is -3.60. The molecule has 0 fully saturated rings. The van der Waals surface area contributed by atoms with Gasteiger partial charge in [0.2, 0.25) is 11.8 Å². The number of halogens is 2. The van der Waals surface area contributed by atoms with E-state index in [0.29, 0.717) is 16.5 Å². The van der Waals surface area contributed by atoms with Gasteiger partial charge in [0, 0.05) is 32.4 Å². The topological polar surface area (TPSA) is 49.4 Å². The Balaban J connectivity index is 1.72. The number of likely N-dealkylation sites (N-methyl/N-ethyl adjacent to an activating group) is 1. The number of nitrogens with one attached hydrogen (secondary N) is 1. The van der Waals surface area contributed by atoms with Crippen molar-refractivity contribution >= 4 is 35.0 Å². The van der Waals surface area contributed by atoms with Crippen molar-refractivity contribution in [1.82, 2.24) is 10.2 Å². The Morgan fingerprint density at radius 2 is 1.29 bits per heavy atom. The Morgan fingerprint density at radius 1 is 0.737 bits per heavy atom. The van der Waals surface area contributed by atoms with E-state index < -0.39 is 6.04 Å². The van der Waals surface area contributed by atoms with Crippen molar-refractivity contribution in [3.8, 4) is 0 Å². The molecule has 2 amide bonds. The number of hydrogen-bond donors (Lipinski definition) is 1. The van der Waals surface area contributed by atoms with Gasteiger partial charge in [-0.2, -0.15) is 0 Å². The standard InChI is InChI=1S/C32H30Cl2N2O2/c1-35-32(38)30(20-23-11-5-2-6-12-23)36(22-24-17-18-28(33)29(34)19-24)31(37)21-27(25-13-7-3-8-14-25)26-15-9-4-10-16-26/h2-19,27,30H,20-22H2,1H3,(H,35,38). The van der Waals surface area contributed by atoms with Crippen molar-refractivity contribution in [3.63, 3.8) is 0 Å². The van der Waals surface area contributed by atoms with E-state index in [1.165, 1.54) is 0 Å². The van der Waals surface area contributed by atoms with E-state index in [1.54, 1.807) is 24.1 Å². The quantitative estimate of drug-likeness (QED) is 0.236. The summed E-state index contributed by atoms with van der Waals surface area (Å²) in [6, 6.07) is 34.3. The summed E-state index contributed by atoms with van der Waals surface area (Å²) in [5.74, 6) is -0.514. The molecule has 4 aromatic carbocycles. The number of benzene rings is 4. The summed E-state index contributed by atoms with van der Waals surface area (Å²) in [7, 11) is 1.60. The smallest absolute Gasteiger partial charge is 0.242 e. The van der Waals surface area contributed by atoms with E-state index >= 15 is 0 Å². The fourth-order valence-electron chi connectivity index (χ4n) is 4.65. The fraction of sp³-hybridized carbons (Fsp3) is 0.188. The number of rotatable bonds is 10.